The van der Waals surface area contributed by atoms with E-state index in [0.717, 1.165) is 17.4 Å². The van der Waals surface area contributed by atoms with Crippen molar-refractivity contribution in [3.05, 3.63) is 24.0 Å². The van der Waals surface area contributed by atoms with Crippen LogP contribution in [0.25, 0.3) is 21.5 Å². The topological polar surface area (TPSA) is 117 Å². The summed E-state index contributed by atoms with van der Waals surface area (Å²) in [6, 6.07) is 0.887. The molecule has 150 valence electrons. The van der Waals surface area contributed by atoms with Crippen LogP contribution in [0, 0.1) is 0 Å². The number of pyridine rings is 1. The number of nitrogens with zero attached hydrogens (tertiary/aromatic N) is 3. The largest absolute Gasteiger partial charge is 0.417 e. The van der Waals surface area contributed by atoms with Gasteiger partial charge >= 0.3 is 6.18 Å². The SMILES string of the molecule is COCCCS(=O)c1sc2nc(-c3cnc(N)nc3)cc(C(F)(F)F)c2c1N. The molecule has 0 aliphatic carbocycles. The third-order valence-corrected chi connectivity index (χ3v) is 6.82. The molecule has 7 nitrogen and oxygen atoms in total. The number of fused-ring (bicyclic) bond motifs is 1. The van der Waals surface area contributed by atoms with Crippen LogP contribution in [0.15, 0.2) is 22.7 Å². The first-order valence-corrected chi connectivity index (χ1v) is 10.1. The number of halogens is 3. The van der Waals surface area contributed by atoms with E-state index in [1.807, 2.05) is 0 Å². The highest BCUT2D eigenvalue weighted by Crippen LogP contribution is 2.44. The average molecular weight is 431 g/mol. The molecule has 0 saturated heterocycles. The zero-order chi connectivity index (χ0) is 20.5. The molecule has 28 heavy (non-hydrogen) atoms. The quantitative estimate of drug-likeness (QED) is 0.576. The molecule has 3 rings (SSSR count). The molecule has 12 heteroatoms. The first-order valence-electron chi connectivity index (χ1n) is 7.97. The Labute approximate surface area is 164 Å². The van der Waals surface area contributed by atoms with Gasteiger partial charge < -0.3 is 16.2 Å². The summed E-state index contributed by atoms with van der Waals surface area (Å²) in [5.74, 6) is 0.222. The van der Waals surface area contributed by atoms with Crippen molar-refractivity contribution in [2.45, 2.75) is 16.8 Å². The molecule has 0 aromatic carbocycles. The summed E-state index contributed by atoms with van der Waals surface area (Å²) in [5.41, 5.74) is 10.6. The highest BCUT2D eigenvalue weighted by atomic mass is 32.2. The lowest BCUT2D eigenvalue weighted by atomic mass is 10.1. The van der Waals surface area contributed by atoms with Gasteiger partial charge in [-0.1, -0.05) is 0 Å². The van der Waals surface area contributed by atoms with Gasteiger partial charge in [0.05, 0.1) is 27.7 Å². The van der Waals surface area contributed by atoms with E-state index in [4.69, 9.17) is 16.2 Å². The summed E-state index contributed by atoms with van der Waals surface area (Å²) in [4.78, 5) is 11.9. The third-order valence-electron chi connectivity index (χ3n) is 3.82. The Hall–Kier alpha value is -2.31. The second-order valence-corrected chi connectivity index (χ2v) is 8.53. The van der Waals surface area contributed by atoms with Gasteiger partial charge in [-0.15, -0.1) is 11.3 Å². The molecule has 0 amide bonds. The molecule has 0 radical (unpaired) electrons. The maximum absolute atomic E-state index is 13.7. The summed E-state index contributed by atoms with van der Waals surface area (Å²) >= 11 is 0.890. The van der Waals surface area contributed by atoms with Crippen molar-refractivity contribution in [3.8, 4) is 11.3 Å². The minimum absolute atomic E-state index is 0.00465. The van der Waals surface area contributed by atoms with Crippen molar-refractivity contribution in [1.82, 2.24) is 15.0 Å². The smallest absolute Gasteiger partial charge is 0.396 e. The number of rotatable bonds is 6. The second-order valence-electron chi connectivity index (χ2n) is 5.76. The van der Waals surface area contributed by atoms with Crippen LogP contribution in [0.2, 0.25) is 0 Å². The van der Waals surface area contributed by atoms with Crippen LogP contribution >= 0.6 is 11.3 Å². The maximum atomic E-state index is 13.7. The fourth-order valence-corrected chi connectivity index (χ4v) is 5.16. The second kappa shape index (κ2) is 7.97. The lowest BCUT2D eigenvalue weighted by Gasteiger charge is -2.11. The van der Waals surface area contributed by atoms with E-state index in [9.17, 15) is 17.4 Å². The Morgan fingerprint density at radius 1 is 1.25 bits per heavy atom. The van der Waals surface area contributed by atoms with Gasteiger partial charge in [0.1, 0.15) is 9.04 Å². The highest BCUT2D eigenvalue weighted by Gasteiger charge is 2.36. The molecule has 1 atom stereocenters. The maximum Gasteiger partial charge on any atom is 0.417 e. The molecule has 3 aromatic heterocycles. The molecule has 0 spiro atoms. The highest BCUT2D eigenvalue weighted by molar-refractivity contribution is 7.87. The van der Waals surface area contributed by atoms with Crippen molar-refractivity contribution in [1.29, 1.82) is 0 Å². The van der Waals surface area contributed by atoms with E-state index in [1.165, 1.54) is 19.5 Å². The number of anilines is 2. The van der Waals surface area contributed by atoms with Crippen LogP contribution in [0.1, 0.15) is 12.0 Å². The Bertz CT molecular complexity index is 1020. The number of alkyl halides is 3. The number of nitrogen functional groups attached to an aromatic ring is 2. The normalized spacial score (nSPS) is 13.1. The number of nitrogens with two attached hydrogens (primary N) is 2. The van der Waals surface area contributed by atoms with E-state index in [0.29, 0.717) is 13.0 Å². The lowest BCUT2D eigenvalue weighted by Crippen LogP contribution is -2.08. The molecule has 0 aliphatic rings. The summed E-state index contributed by atoms with van der Waals surface area (Å²) < 4.78 is 58.7. The van der Waals surface area contributed by atoms with Crippen molar-refractivity contribution >= 4 is 44.0 Å². The van der Waals surface area contributed by atoms with Crippen LogP contribution in [0.3, 0.4) is 0 Å². The van der Waals surface area contributed by atoms with Crippen molar-refractivity contribution in [2.75, 3.05) is 30.9 Å². The molecule has 0 bridgehead atoms. The van der Waals surface area contributed by atoms with Crippen LogP contribution in [0.4, 0.5) is 24.8 Å². The predicted octanol–water partition coefficient (Wildman–Crippen LogP) is 3.08. The minimum Gasteiger partial charge on any atom is -0.396 e. The summed E-state index contributed by atoms with van der Waals surface area (Å²) in [6.45, 7) is 0.393. The van der Waals surface area contributed by atoms with Gasteiger partial charge in [0, 0.05) is 42.8 Å². The van der Waals surface area contributed by atoms with E-state index < -0.39 is 22.5 Å². The van der Waals surface area contributed by atoms with Crippen molar-refractivity contribution in [3.63, 3.8) is 0 Å². The first-order chi connectivity index (χ1) is 13.2. The minimum atomic E-state index is -4.67. The zero-order valence-electron chi connectivity index (χ0n) is 14.6. The fraction of sp³-hybridized carbons (Fsp3) is 0.312. The Balaban J connectivity index is 2.15. The molecule has 0 aliphatic heterocycles. The van der Waals surface area contributed by atoms with Gasteiger partial charge in [-0.3, -0.25) is 4.21 Å². The van der Waals surface area contributed by atoms with Crippen LogP contribution in [-0.4, -0.2) is 38.6 Å². The Morgan fingerprint density at radius 2 is 1.93 bits per heavy atom. The lowest BCUT2D eigenvalue weighted by molar-refractivity contribution is -0.136. The van der Waals surface area contributed by atoms with Crippen LogP contribution in [0.5, 0.6) is 0 Å². The molecular formula is C16H16F3N5O2S2. The van der Waals surface area contributed by atoms with Gasteiger partial charge in [0.15, 0.2) is 0 Å². The Kier molecular flexibility index (Phi) is 5.82. The van der Waals surface area contributed by atoms with Crippen molar-refractivity contribution < 1.29 is 22.1 Å². The zero-order valence-corrected chi connectivity index (χ0v) is 16.2. The van der Waals surface area contributed by atoms with Gasteiger partial charge in [-0.2, -0.15) is 13.2 Å². The molecule has 0 fully saturated rings. The molecule has 3 heterocycles. The molecule has 1 unspecified atom stereocenters. The summed E-state index contributed by atoms with van der Waals surface area (Å²) in [5, 5.41) is -0.243. The van der Waals surface area contributed by atoms with E-state index in [2.05, 4.69) is 15.0 Å². The number of methoxy groups -OCH3 is 1. The number of ether oxygens (including phenoxy) is 1. The predicted molar refractivity (Wildman–Crippen MR) is 102 cm³/mol. The number of aromatic nitrogens is 3. The molecule has 4 N–H and O–H groups in total. The van der Waals surface area contributed by atoms with Gasteiger partial charge in [0.25, 0.3) is 0 Å². The van der Waals surface area contributed by atoms with E-state index >= 15 is 0 Å². The summed E-state index contributed by atoms with van der Waals surface area (Å²) in [7, 11) is -0.0408. The molecule has 0 saturated carbocycles. The Morgan fingerprint density at radius 3 is 2.54 bits per heavy atom. The number of hydrogen-bond donors (Lipinski definition) is 2. The monoisotopic (exact) mass is 431 g/mol. The average Bonchev–Trinajstić information content (AvgIpc) is 2.97. The number of thiophene rings is 1. The van der Waals surface area contributed by atoms with E-state index in [-0.39, 0.29) is 43.1 Å². The fourth-order valence-electron chi connectivity index (χ4n) is 2.54. The van der Waals surface area contributed by atoms with Crippen LogP contribution < -0.4 is 11.5 Å². The summed E-state index contributed by atoms with van der Waals surface area (Å²) in [6.07, 6.45) is -1.60. The van der Waals surface area contributed by atoms with E-state index in [1.54, 1.807) is 0 Å². The van der Waals surface area contributed by atoms with Gasteiger partial charge in [0.2, 0.25) is 5.95 Å². The first kappa shape index (κ1) is 20.4. The standard InChI is InChI=1S/C16H16F3N5O2S2/c1-26-3-2-4-28(25)14-12(20)11-9(16(17,18)19)5-10(24-13(11)27-14)8-6-22-15(21)23-7-8/h5-7H,2-4,20H2,1H3,(H2,21,22,23). The third kappa shape index (κ3) is 4.08. The van der Waals surface area contributed by atoms with Gasteiger partial charge in [-0.05, 0) is 12.5 Å². The van der Waals surface area contributed by atoms with Crippen molar-refractivity contribution in [2.24, 2.45) is 0 Å². The molecular weight excluding hydrogens is 415 g/mol. The molecule has 3 aromatic rings. The number of hydrogen-bond acceptors (Lipinski definition) is 8. The van der Waals surface area contributed by atoms with Crippen LogP contribution in [-0.2, 0) is 21.7 Å². The van der Waals surface area contributed by atoms with Gasteiger partial charge in [-0.25, -0.2) is 15.0 Å².